The molecule has 3 N–H and O–H groups in total. The minimum Gasteiger partial charge on any atom is -0.397 e. The largest absolute Gasteiger partial charge is 0.397 e. The van der Waals surface area contributed by atoms with Gasteiger partial charge in [0.05, 0.1) is 17.5 Å². The monoisotopic (exact) mass is 263 g/mol. The van der Waals surface area contributed by atoms with Gasteiger partial charge < -0.3 is 20.6 Å². The highest BCUT2D eigenvalue weighted by Crippen LogP contribution is 2.27. The normalized spacial score (nSPS) is 19.3. The highest BCUT2D eigenvalue weighted by atomic mass is 16.3. The number of nitrogens with zero attached hydrogens (tertiary/aromatic N) is 2. The number of anilines is 2. The lowest BCUT2D eigenvalue weighted by atomic mass is 10.1. The van der Waals surface area contributed by atoms with E-state index in [4.69, 9.17) is 5.73 Å². The topological polar surface area (TPSA) is 69.8 Å². The van der Waals surface area contributed by atoms with E-state index in [1.165, 1.54) is 4.90 Å². The van der Waals surface area contributed by atoms with Gasteiger partial charge in [-0.3, -0.25) is 4.79 Å². The van der Waals surface area contributed by atoms with E-state index in [0.29, 0.717) is 17.8 Å². The van der Waals surface area contributed by atoms with Crippen molar-refractivity contribution in [2.24, 2.45) is 0 Å². The van der Waals surface area contributed by atoms with Crippen molar-refractivity contribution in [1.29, 1.82) is 0 Å². The molecule has 1 unspecified atom stereocenters. The third kappa shape index (κ3) is 2.98. The molecule has 104 valence electrons. The van der Waals surface area contributed by atoms with Crippen LogP contribution in [0.2, 0.25) is 0 Å². The predicted molar refractivity (Wildman–Crippen MR) is 76.3 cm³/mol. The molecule has 1 saturated heterocycles. The van der Waals surface area contributed by atoms with Gasteiger partial charge in [0.15, 0.2) is 0 Å². The minimum absolute atomic E-state index is 0.0584. The first-order valence-electron chi connectivity index (χ1n) is 6.53. The summed E-state index contributed by atoms with van der Waals surface area (Å²) in [6.45, 7) is 1.49. The molecule has 0 aromatic heterocycles. The second-order valence-electron chi connectivity index (χ2n) is 5.22. The predicted octanol–water partition coefficient (Wildman–Crippen LogP) is 0.932. The zero-order valence-electron chi connectivity index (χ0n) is 11.5. The van der Waals surface area contributed by atoms with Crippen molar-refractivity contribution in [3.63, 3.8) is 0 Å². The summed E-state index contributed by atoms with van der Waals surface area (Å²) in [5, 5.41) is 9.70. The average molecular weight is 263 g/mol. The van der Waals surface area contributed by atoms with Crippen molar-refractivity contribution in [2.75, 3.05) is 37.8 Å². The molecule has 0 bridgehead atoms. The Kier molecular flexibility index (Phi) is 3.95. The number of aliphatic hydroxyl groups is 1. The van der Waals surface area contributed by atoms with Gasteiger partial charge in [-0.05, 0) is 31.0 Å². The number of nitrogen functional groups attached to an aromatic ring is 1. The van der Waals surface area contributed by atoms with E-state index < -0.39 is 0 Å². The average Bonchev–Trinajstić information content (AvgIpc) is 2.37. The Morgan fingerprint density at radius 3 is 2.79 bits per heavy atom. The van der Waals surface area contributed by atoms with Gasteiger partial charge in [0.25, 0.3) is 5.91 Å². The van der Waals surface area contributed by atoms with Crippen molar-refractivity contribution < 1.29 is 9.90 Å². The maximum Gasteiger partial charge on any atom is 0.253 e. The summed E-state index contributed by atoms with van der Waals surface area (Å²) in [6.07, 6.45) is 1.50. The van der Waals surface area contributed by atoms with Gasteiger partial charge in [0.2, 0.25) is 0 Å². The smallest absolute Gasteiger partial charge is 0.253 e. The van der Waals surface area contributed by atoms with Gasteiger partial charge in [-0.25, -0.2) is 0 Å². The summed E-state index contributed by atoms with van der Waals surface area (Å²) in [6, 6.07) is 5.36. The lowest BCUT2D eigenvalue weighted by Crippen LogP contribution is -2.38. The van der Waals surface area contributed by atoms with Crippen LogP contribution in [0.4, 0.5) is 11.4 Å². The van der Waals surface area contributed by atoms with Gasteiger partial charge >= 0.3 is 0 Å². The van der Waals surface area contributed by atoms with Crippen LogP contribution in [0.25, 0.3) is 0 Å². The maximum absolute atomic E-state index is 11.9. The molecular formula is C14H21N3O2. The lowest BCUT2D eigenvalue weighted by Gasteiger charge is -2.32. The summed E-state index contributed by atoms with van der Waals surface area (Å²) in [5.41, 5.74) is 8.11. The van der Waals surface area contributed by atoms with Crippen LogP contribution in [-0.4, -0.2) is 49.2 Å². The van der Waals surface area contributed by atoms with E-state index in [2.05, 4.69) is 4.90 Å². The number of carbonyl (C=O) groups is 1. The molecule has 1 aliphatic rings. The number of amides is 1. The van der Waals surface area contributed by atoms with E-state index in [1.54, 1.807) is 26.2 Å². The van der Waals surface area contributed by atoms with Crippen LogP contribution in [0.1, 0.15) is 23.2 Å². The molecule has 0 radical (unpaired) electrons. The second-order valence-corrected chi connectivity index (χ2v) is 5.22. The fourth-order valence-electron chi connectivity index (χ4n) is 2.41. The van der Waals surface area contributed by atoms with Crippen LogP contribution in [-0.2, 0) is 0 Å². The summed E-state index contributed by atoms with van der Waals surface area (Å²) < 4.78 is 0. The Balaban J connectivity index is 2.21. The molecule has 1 aromatic rings. The highest BCUT2D eigenvalue weighted by Gasteiger charge is 2.20. The summed E-state index contributed by atoms with van der Waals surface area (Å²) in [5.74, 6) is -0.0584. The third-order valence-electron chi connectivity index (χ3n) is 3.42. The van der Waals surface area contributed by atoms with E-state index in [0.717, 1.165) is 25.1 Å². The van der Waals surface area contributed by atoms with Gasteiger partial charge in [-0.2, -0.15) is 0 Å². The number of carbonyl (C=O) groups excluding carboxylic acids is 1. The fourth-order valence-corrected chi connectivity index (χ4v) is 2.41. The van der Waals surface area contributed by atoms with Crippen LogP contribution >= 0.6 is 0 Å². The van der Waals surface area contributed by atoms with Crippen molar-refractivity contribution >= 4 is 17.3 Å². The number of hydrogen-bond donors (Lipinski definition) is 2. The summed E-state index contributed by atoms with van der Waals surface area (Å²) in [4.78, 5) is 15.5. The molecule has 2 rings (SSSR count). The molecule has 1 aromatic carbocycles. The summed E-state index contributed by atoms with van der Waals surface area (Å²) in [7, 11) is 3.43. The lowest BCUT2D eigenvalue weighted by molar-refractivity contribution is 0.0827. The van der Waals surface area contributed by atoms with Gasteiger partial charge in [0.1, 0.15) is 0 Å². The molecule has 0 saturated carbocycles. The van der Waals surface area contributed by atoms with Crippen LogP contribution < -0.4 is 10.6 Å². The van der Waals surface area contributed by atoms with Crippen molar-refractivity contribution in [1.82, 2.24) is 4.90 Å². The Labute approximate surface area is 113 Å². The molecule has 1 heterocycles. The number of piperidine rings is 1. The zero-order valence-corrected chi connectivity index (χ0v) is 11.5. The van der Waals surface area contributed by atoms with Crippen molar-refractivity contribution in [3.8, 4) is 0 Å². The standard InChI is InChI=1S/C14H21N3O2/c1-16(2)14(19)10-5-6-13(12(15)8-10)17-7-3-4-11(18)9-17/h5-6,8,11,18H,3-4,7,9,15H2,1-2H3. The van der Waals surface area contributed by atoms with E-state index in [1.807, 2.05) is 6.07 Å². The van der Waals surface area contributed by atoms with Crippen LogP contribution in [0.15, 0.2) is 18.2 Å². The molecule has 0 spiro atoms. The van der Waals surface area contributed by atoms with Gasteiger partial charge in [-0.15, -0.1) is 0 Å². The highest BCUT2D eigenvalue weighted by molar-refractivity contribution is 5.95. The quantitative estimate of drug-likeness (QED) is 0.779. The Bertz CT molecular complexity index is 474. The second kappa shape index (κ2) is 5.48. The van der Waals surface area contributed by atoms with E-state index in [-0.39, 0.29) is 12.0 Å². The minimum atomic E-state index is -0.295. The number of β-amino-alcohol motifs (C(OH)–C–C–N with tert-alkyl or cyclic N) is 1. The maximum atomic E-state index is 11.9. The zero-order chi connectivity index (χ0) is 14.0. The molecular weight excluding hydrogens is 242 g/mol. The number of nitrogens with two attached hydrogens (primary N) is 1. The molecule has 0 aliphatic carbocycles. The number of rotatable bonds is 2. The summed E-state index contributed by atoms with van der Waals surface area (Å²) >= 11 is 0. The van der Waals surface area contributed by atoms with Crippen molar-refractivity contribution in [2.45, 2.75) is 18.9 Å². The number of hydrogen-bond acceptors (Lipinski definition) is 4. The van der Waals surface area contributed by atoms with E-state index >= 15 is 0 Å². The molecule has 5 heteroatoms. The molecule has 1 amide bonds. The van der Waals surface area contributed by atoms with E-state index in [9.17, 15) is 9.90 Å². The first kappa shape index (κ1) is 13.7. The number of aliphatic hydroxyl groups excluding tert-OH is 1. The number of benzene rings is 1. The van der Waals surface area contributed by atoms with Crippen molar-refractivity contribution in [3.05, 3.63) is 23.8 Å². The Morgan fingerprint density at radius 1 is 1.47 bits per heavy atom. The van der Waals surface area contributed by atoms with Gasteiger partial charge in [0, 0.05) is 32.7 Å². The van der Waals surface area contributed by atoms with Crippen LogP contribution in [0, 0.1) is 0 Å². The molecule has 1 atom stereocenters. The molecule has 1 fully saturated rings. The van der Waals surface area contributed by atoms with Gasteiger partial charge in [-0.1, -0.05) is 0 Å². The fraction of sp³-hybridized carbons (Fsp3) is 0.500. The SMILES string of the molecule is CN(C)C(=O)c1ccc(N2CCCC(O)C2)c(N)c1. The Morgan fingerprint density at radius 2 is 2.21 bits per heavy atom. The van der Waals surface area contributed by atoms with Crippen LogP contribution in [0.5, 0.6) is 0 Å². The molecule has 1 aliphatic heterocycles. The first-order chi connectivity index (χ1) is 8.99. The first-order valence-corrected chi connectivity index (χ1v) is 6.53. The molecule has 19 heavy (non-hydrogen) atoms. The van der Waals surface area contributed by atoms with Crippen LogP contribution in [0.3, 0.4) is 0 Å². The third-order valence-corrected chi connectivity index (χ3v) is 3.42. The molecule has 5 nitrogen and oxygen atoms in total. The Hall–Kier alpha value is -1.75.